The minimum atomic E-state index is -0.0380. The topological polar surface area (TPSA) is 32.3 Å². The van der Waals surface area contributed by atoms with Crippen molar-refractivity contribution in [1.82, 2.24) is 10.2 Å². The van der Waals surface area contributed by atoms with Crippen LogP contribution >= 0.6 is 0 Å². The van der Waals surface area contributed by atoms with Gasteiger partial charge in [-0.1, -0.05) is 6.92 Å². The van der Waals surface area contributed by atoms with Crippen LogP contribution < -0.4 is 5.32 Å². The van der Waals surface area contributed by atoms with Crippen molar-refractivity contribution in [3.63, 3.8) is 0 Å². The first-order chi connectivity index (χ1) is 6.96. The number of hydrogen-bond acceptors (Lipinski definition) is 2. The maximum Gasteiger partial charge on any atom is 0.240 e. The summed E-state index contributed by atoms with van der Waals surface area (Å²) >= 11 is 0. The van der Waals surface area contributed by atoms with E-state index in [1.54, 1.807) is 0 Å². The quantitative estimate of drug-likeness (QED) is 0.773. The average Bonchev–Trinajstić information content (AvgIpc) is 2.14. The highest BCUT2D eigenvalue weighted by Gasteiger charge is 2.34. The van der Waals surface area contributed by atoms with Gasteiger partial charge < -0.3 is 10.2 Å². The van der Waals surface area contributed by atoms with Crippen LogP contribution in [-0.2, 0) is 4.79 Å². The lowest BCUT2D eigenvalue weighted by atomic mass is 9.97. The highest BCUT2D eigenvalue weighted by Crippen LogP contribution is 2.21. The van der Waals surface area contributed by atoms with Crippen LogP contribution in [0.1, 0.15) is 47.0 Å². The molecule has 3 nitrogen and oxygen atoms in total. The predicted octanol–water partition coefficient (Wildman–Crippen LogP) is 1.78. The molecule has 1 unspecified atom stereocenters. The number of piperidine rings is 1. The molecule has 15 heavy (non-hydrogen) atoms. The van der Waals surface area contributed by atoms with E-state index in [9.17, 15) is 4.79 Å². The van der Waals surface area contributed by atoms with Gasteiger partial charge in [0.1, 0.15) is 0 Å². The number of hydrogen-bond donors (Lipinski definition) is 1. The molecule has 0 bridgehead atoms. The van der Waals surface area contributed by atoms with Gasteiger partial charge in [-0.15, -0.1) is 0 Å². The van der Waals surface area contributed by atoms with E-state index < -0.39 is 0 Å². The second-order valence-electron chi connectivity index (χ2n) is 5.31. The van der Waals surface area contributed by atoms with Gasteiger partial charge in [0, 0.05) is 12.1 Å². The molecule has 0 aromatic rings. The van der Waals surface area contributed by atoms with Crippen LogP contribution in [0, 0.1) is 0 Å². The fourth-order valence-electron chi connectivity index (χ4n) is 2.05. The van der Waals surface area contributed by atoms with E-state index in [4.69, 9.17) is 0 Å². The molecule has 0 aliphatic carbocycles. The largest absolute Gasteiger partial charge is 0.337 e. The summed E-state index contributed by atoms with van der Waals surface area (Å²) in [6, 6.07) is 0.0536. The van der Waals surface area contributed by atoms with Gasteiger partial charge in [0.05, 0.1) is 6.04 Å². The van der Waals surface area contributed by atoms with Crippen molar-refractivity contribution in [3.8, 4) is 0 Å². The van der Waals surface area contributed by atoms with Crippen LogP contribution in [-0.4, -0.2) is 35.5 Å². The van der Waals surface area contributed by atoms with Gasteiger partial charge in [-0.3, -0.25) is 4.79 Å². The molecule has 0 radical (unpaired) electrons. The lowest BCUT2D eigenvalue weighted by Gasteiger charge is -2.41. The summed E-state index contributed by atoms with van der Waals surface area (Å²) in [5.74, 6) is 0.280. The molecule has 0 aromatic carbocycles. The third-order valence-corrected chi connectivity index (χ3v) is 2.89. The number of carbonyl (C=O) groups excluding carboxylic acids is 1. The highest BCUT2D eigenvalue weighted by molar-refractivity contribution is 5.83. The zero-order valence-corrected chi connectivity index (χ0v) is 10.5. The Balaban J connectivity index is 2.59. The fraction of sp³-hybridized carbons (Fsp3) is 0.917. The first-order valence-electron chi connectivity index (χ1n) is 6.01. The standard InChI is InChI=1S/C12H24N2O/c1-5-8-13-10-7-6-9-14(11(10)15)12(2,3)4/h10,13H,5-9H2,1-4H3. The van der Waals surface area contributed by atoms with Crippen molar-refractivity contribution in [1.29, 1.82) is 0 Å². The molecule has 1 aliphatic heterocycles. The van der Waals surface area contributed by atoms with Gasteiger partial charge >= 0.3 is 0 Å². The third kappa shape index (κ3) is 3.20. The summed E-state index contributed by atoms with van der Waals surface area (Å²) in [5.41, 5.74) is -0.0380. The monoisotopic (exact) mass is 212 g/mol. The Hall–Kier alpha value is -0.570. The van der Waals surface area contributed by atoms with Gasteiger partial charge in [-0.2, -0.15) is 0 Å². The highest BCUT2D eigenvalue weighted by atomic mass is 16.2. The first-order valence-corrected chi connectivity index (χ1v) is 6.01. The van der Waals surface area contributed by atoms with Crippen molar-refractivity contribution in [2.75, 3.05) is 13.1 Å². The Morgan fingerprint density at radius 3 is 2.67 bits per heavy atom. The number of rotatable bonds is 3. The molecule has 1 fully saturated rings. The summed E-state index contributed by atoms with van der Waals surface area (Å²) < 4.78 is 0. The number of carbonyl (C=O) groups is 1. The molecule has 1 heterocycles. The molecular weight excluding hydrogens is 188 g/mol. The Kier molecular flexibility index (Phi) is 4.14. The van der Waals surface area contributed by atoms with Crippen molar-refractivity contribution in [3.05, 3.63) is 0 Å². The Morgan fingerprint density at radius 1 is 1.47 bits per heavy atom. The van der Waals surface area contributed by atoms with Gasteiger partial charge in [-0.05, 0) is 46.6 Å². The van der Waals surface area contributed by atoms with Gasteiger partial charge in [0.2, 0.25) is 5.91 Å². The molecular formula is C12H24N2O. The first kappa shape index (κ1) is 12.5. The molecule has 3 heteroatoms. The second-order valence-corrected chi connectivity index (χ2v) is 5.31. The number of amides is 1. The van der Waals surface area contributed by atoms with Crippen molar-refractivity contribution in [2.24, 2.45) is 0 Å². The second kappa shape index (κ2) is 4.97. The summed E-state index contributed by atoms with van der Waals surface area (Å²) in [5, 5.41) is 3.33. The van der Waals surface area contributed by atoms with Crippen LogP contribution in [0.2, 0.25) is 0 Å². The van der Waals surface area contributed by atoms with E-state index in [0.29, 0.717) is 0 Å². The third-order valence-electron chi connectivity index (χ3n) is 2.89. The summed E-state index contributed by atoms with van der Waals surface area (Å²) in [7, 11) is 0. The van der Waals surface area contributed by atoms with Crippen LogP contribution in [0.4, 0.5) is 0 Å². The molecule has 1 aliphatic rings. The molecule has 0 spiro atoms. The van der Waals surface area contributed by atoms with E-state index >= 15 is 0 Å². The zero-order chi connectivity index (χ0) is 11.5. The molecule has 1 rings (SSSR count). The Labute approximate surface area is 93.2 Å². The maximum atomic E-state index is 12.1. The van der Waals surface area contributed by atoms with Gasteiger partial charge in [0.25, 0.3) is 0 Å². The summed E-state index contributed by atoms with van der Waals surface area (Å²) in [6.45, 7) is 10.3. The van der Waals surface area contributed by atoms with Crippen molar-refractivity contribution in [2.45, 2.75) is 58.5 Å². The van der Waals surface area contributed by atoms with E-state index in [2.05, 4.69) is 33.0 Å². The number of nitrogens with zero attached hydrogens (tertiary/aromatic N) is 1. The molecule has 0 aromatic heterocycles. The molecule has 1 atom stereocenters. The summed E-state index contributed by atoms with van der Waals surface area (Å²) in [6.07, 6.45) is 3.19. The number of nitrogens with one attached hydrogen (secondary N) is 1. The fourth-order valence-corrected chi connectivity index (χ4v) is 2.05. The van der Waals surface area contributed by atoms with E-state index in [1.165, 1.54) is 0 Å². The SMILES string of the molecule is CCCNC1CCCN(C(C)(C)C)C1=O. The van der Waals surface area contributed by atoms with Crippen LogP contribution in [0.25, 0.3) is 0 Å². The van der Waals surface area contributed by atoms with E-state index in [-0.39, 0.29) is 17.5 Å². The molecule has 88 valence electrons. The van der Waals surface area contributed by atoms with Crippen molar-refractivity contribution >= 4 is 5.91 Å². The van der Waals surface area contributed by atoms with Gasteiger partial charge in [-0.25, -0.2) is 0 Å². The van der Waals surface area contributed by atoms with Gasteiger partial charge in [0.15, 0.2) is 0 Å². The average molecular weight is 212 g/mol. The Morgan fingerprint density at radius 2 is 2.13 bits per heavy atom. The van der Waals surface area contributed by atoms with Crippen LogP contribution in [0.5, 0.6) is 0 Å². The molecule has 0 saturated carbocycles. The lowest BCUT2D eigenvalue weighted by molar-refractivity contribution is -0.141. The van der Waals surface area contributed by atoms with E-state index in [0.717, 1.165) is 32.4 Å². The lowest BCUT2D eigenvalue weighted by Crippen LogP contribution is -2.57. The Bertz CT molecular complexity index is 220. The number of likely N-dealkylation sites (tertiary alicyclic amines) is 1. The van der Waals surface area contributed by atoms with Crippen LogP contribution in [0.3, 0.4) is 0 Å². The molecule has 1 saturated heterocycles. The normalized spacial score (nSPS) is 23.3. The smallest absolute Gasteiger partial charge is 0.240 e. The zero-order valence-electron chi connectivity index (χ0n) is 10.5. The maximum absolute atomic E-state index is 12.1. The van der Waals surface area contributed by atoms with Crippen molar-refractivity contribution < 1.29 is 4.79 Å². The minimum absolute atomic E-state index is 0.0380. The molecule has 1 amide bonds. The van der Waals surface area contributed by atoms with Crippen LogP contribution in [0.15, 0.2) is 0 Å². The van der Waals surface area contributed by atoms with E-state index in [1.807, 2.05) is 4.90 Å². The predicted molar refractivity (Wildman–Crippen MR) is 62.8 cm³/mol. The minimum Gasteiger partial charge on any atom is -0.337 e. The molecule has 1 N–H and O–H groups in total. The summed E-state index contributed by atoms with van der Waals surface area (Å²) in [4.78, 5) is 14.1.